The molecule has 0 aliphatic heterocycles. The molecule has 3 heteroatoms. The molecule has 0 aromatic carbocycles. The van der Waals surface area contributed by atoms with Crippen molar-refractivity contribution in [2.24, 2.45) is 0 Å². The van der Waals surface area contributed by atoms with Crippen molar-refractivity contribution in [3.8, 4) is 0 Å². The van der Waals surface area contributed by atoms with Gasteiger partial charge < -0.3 is 0 Å². The number of rotatable bonds is 2. The predicted molar refractivity (Wildman–Crippen MR) is 39.3 cm³/mol. The molecule has 0 aliphatic rings. The largest absolute Gasteiger partial charge is 0.297 e. The molecule has 9 heavy (non-hydrogen) atoms. The minimum absolute atomic E-state index is 0.499. The van der Waals surface area contributed by atoms with Crippen LogP contribution in [0.3, 0.4) is 0 Å². The van der Waals surface area contributed by atoms with Crippen LogP contribution >= 0.6 is 22.9 Å². The fraction of sp³-hybridized carbons (Fsp3) is 0.167. The monoisotopic (exact) mass is 160 g/mol. The smallest absolute Gasteiger partial charge is 0.160 e. The molecule has 0 radical (unpaired) electrons. The average molecular weight is 161 g/mol. The zero-order valence-electron chi connectivity index (χ0n) is 4.63. The Balaban J connectivity index is 2.86. The summed E-state index contributed by atoms with van der Waals surface area (Å²) >= 11 is 6.92. The van der Waals surface area contributed by atoms with E-state index in [1.54, 1.807) is 6.07 Å². The minimum atomic E-state index is 0.499. The van der Waals surface area contributed by atoms with Gasteiger partial charge in [-0.1, -0.05) is 0 Å². The van der Waals surface area contributed by atoms with E-state index in [0.29, 0.717) is 5.88 Å². The summed E-state index contributed by atoms with van der Waals surface area (Å²) in [6.07, 6.45) is 0.834. The van der Waals surface area contributed by atoms with E-state index in [1.807, 2.05) is 6.07 Å². The SMILES string of the molecule is O=Cc1ccc(CCl)s1. The number of hydrogen-bond acceptors (Lipinski definition) is 2. The summed E-state index contributed by atoms with van der Waals surface area (Å²) in [7, 11) is 0. The number of carbonyl (C=O) groups excluding carboxylic acids is 1. The fourth-order valence-electron chi connectivity index (χ4n) is 0.530. The zero-order chi connectivity index (χ0) is 6.69. The highest BCUT2D eigenvalue weighted by molar-refractivity contribution is 7.13. The summed E-state index contributed by atoms with van der Waals surface area (Å²) < 4.78 is 0. The summed E-state index contributed by atoms with van der Waals surface area (Å²) in [6.45, 7) is 0. The lowest BCUT2D eigenvalue weighted by molar-refractivity contribution is 0.112. The van der Waals surface area contributed by atoms with Crippen molar-refractivity contribution in [2.75, 3.05) is 0 Å². The molecule has 1 heterocycles. The topological polar surface area (TPSA) is 17.1 Å². The Labute approximate surface area is 62.3 Å². The normalized spacial score (nSPS) is 9.44. The molecule has 0 atom stereocenters. The molecule has 0 unspecified atom stereocenters. The van der Waals surface area contributed by atoms with Gasteiger partial charge in [-0.15, -0.1) is 22.9 Å². The minimum Gasteiger partial charge on any atom is -0.297 e. The fourth-order valence-corrected chi connectivity index (χ4v) is 1.46. The van der Waals surface area contributed by atoms with Crippen molar-refractivity contribution < 1.29 is 4.79 Å². The molecular formula is C6H5ClOS. The number of alkyl halides is 1. The lowest BCUT2D eigenvalue weighted by Crippen LogP contribution is -1.63. The third kappa shape index (κ3) is 1.53. The van der Waals surface area contributed by atoms with E-state index in [1.165, 1.54) is 11.3 Å². The number of carbonyl (C=O) groups is 1. The van der Waals surface area contributed by atoms with Crippen LogP contribution in [-0.2, 0) is 5.88 Å². The molecule has 1 aromatic rings. The standard InChI is InChI=1S/C6H5ClOS/c7-3-5-1-2-6(4-8)9-5/h1-2,4H,3H2. The highest BCUT2D eigenvalue weighted by Gasteiger charge is 1.94. The van der Waals surface area contributed by atoms with Gasteiger partial charge in [0.2, 0.25) is 0 Å². The Hall–Kier alpha value is -0.340. The Morgan fingerprint density at radius 1 is 1.67 bits per heavy atom. The molecule has 1 nitrogen and oxygen atoms in total. The van der Waals surface area contributed by atoms with Gasteiger partial charge in [0, 0.05) is 4.88 Å². The van der Waals surface area contributed by atoms with Gasteiger partial charge in [-0.05, 0) is 12.1 Å². The van der Waals surface area contributed by atoms with Crippen LogP contribution in [0.15, 0.2) is 12.1 Å². The number of thiophene rings is 1. The first kappa shape index (κ1) is 6.78. The third-order valence-corrected chi connectivity index (χ3v) is 2.39. The molecule has 1 aromatic heterocycles. The molecule has 0 saturated carbocycles. The summed E-state index contributed by atoms with van der Waals surface area (Å²) in [6, 6.07) is 3.64. The maximum absolute atomic E-state index is 10.1. The van der Waals surface area contributed by atoms with E-state index in [9.17, 15) is 4.79 Å². The maximum atomic E-state index is 10.1. The molecule has 0 spiro atoms. The molecule has 0 amide bonds. The van der Waals surface area contributed by atoms with Crippen LogP contribution in [0, 0.1) is 0 Å². The molecule has 1 rings (SSSR count). The van der Waals surface area contributed by atoms with Crippen LogP contribution in [0.4, 0.5) is 0 Å². The lowest BCUT2D eigenvalue weighted by atomic mass is 10.4. The first-order chi connectivity index (χ1) is 4.36. The second-order valence-electron chi connectivity index (χ2n) is 1.56. The van der Waals surface area contributed by atoms with E-state index in [2.05, 4.69) is 0 Å². The van der Waals surface area contributed by atoms with Crippen LogP contribution in [0.2, 0.25) is 0 Å². The summed E-state index contributed by atoms with van der Waals surface area (Å²) in [5.74, 6) is 0.499. The number of hydrogen-bond donors (Lipinski definition) is 0. The van der Waals surface area contributed by atoms with Gasteiger partial charge >= 0.3 is 0 Å². The lowest BCUT2D eigenvalue weighted by Gasteiger charge is -1.78. The van der Waals surface area contributed by atoms with Crippen LogP contribution in [0.25, 0.3) is 0 Å². The van der Waals surface area contributed by atoms with Crippen LogP contribution in [0.5, 0.6) is 0 Å². The quantitative estimate of drug-likeness (QED) is 0.479. The van der Waals surface area contributed by atoms with E-state index < -0.39 is 0 Å². The molecule has 0 bridgehead atoms. The van der Waals surface area contributed by atoms with Gasteiger partial charge in [-0.2, -0.15) is 0 Å². The van der Waals surface area contributed by atoms with E-state index >= 15 is 0 Å². The van der Waals surface area contributed by atoms with Crippen molar-refractivity contribution >= 4 is 29.2 Å². The Morgan fingerprint density at radius 2 is 2.44 bits per heavy atom. The highest BCUT2D eigenvalue weighted by atomic mass is 35.5. The molecule has 0 aliphatic carbocycles. The highest BCUT2D eigenvalue weighted by Crippen LogP contribution is 2.15. The second kappa shape index (κ2) is 2.99. The van der Waals surface area contributed by atoms with E-state index in [-0.39, 0.29) is 0 Å². The maximum Gasteiger partial charge on any atom is 0.160 e. The van der Waals surface area contributed by atoms with Crippen molar-refractivity contribution in [1.29, 1.82) is 0 Å². The first-order valence-corrected chi connectivity index (χ1v) is 3.82. The molecule has 0 fully saturated rings. The summed E-state index contributed by atoms with van der Waals surface area (Å²) in [5.41, 5.74) is 0. The second-order valence-corrected chi connectivity index (χ2v) is 3.02. The van der Waals surface area contributed by atoms with Gasteiger partial charge in [0.05, 0.1) is 10.8 Å². The van der Waals surface area contributed by atoms with Crippen molar-refractivity contribution in [1.82, 2.24) is 0 Å². The van der Waals surface area contributed by atoms with Crippen LogP contribution in [-0.4, -0.2) is 6.29 Å². The van der Waals surface area contributed by atoms with Crippen LogP contribution in [0.1, 0.15) is 14.5 Å². The van der Waals surface area contributed by atoms with Gasteiger partial charge in [-0.3, -0.25) is 4.79 Å². The van der Waals surface area contributed by atoms with Gasteiger partial charge in [0.1, 0.15) is 0 Å². The molecule has 0 saturated heterocycles. The van der Waals surface area contributed by atoms with Gasteiger partial charge in [0.15, 0.2) is 6.29 Å². The van der Waals surface area contributed by atoms with Crippen LogP contribution < -0.4 is 0 Å². The van der Waals surface area contributed by atoms with Crippen molar-refractivity contribution in [2.45, 2.75) is 5.88 Å². The van der Waals surface area contributed by atoms with E-state index in [4.69, 9.17) is 11.6 Å². The van der Waals surface area contributed by atoms with E-state index in [0.717, 1.165) is 16.0 Å². The summed E-state index contributed by atoms with van der Waals surface area (Å²) in [5, 5.41) is 0. The Bertz CT molecular complexity index is 207. The average Bonchev–Trinajstić information content (AvgIpc) is 2.34. The number of halogens is 1. The predicted octanol–water partition coefficient (Wildman–Crippen LogP) is 2.30. The van der Waals surface area contributed by atoms with Crippen molar-refractivity contribution in [3.05, 3.63) is 21.9 Å². The first-order valence-electron chi connectivity index (χ1n) is 2.46. The van der Waals surface area contributed by atoms with Gasteiger partial charge in [0.25, 0.3) is 0 Å². The molecule has 48 valence electrons. The molecular weight excluding hydrogens is 156 g/mol. The van der Waals surface area contributed by atoms with Crippen molar-refractivity contribution in [3.63, 3.8) is 0 Å². The third-order valence-electron chi connectivity index (χ3n) is 0.930. The molecule has 0 N–H and O–H groups in total. The zero-order valence-corrected chi connectivity index (χ0v) is 6.21. The van der Waals surface area contributed by atoms with Gasteiger partial charge in [-0.25, -0.2) is 0 Å². The Kier molecular flexibility index (Phi) is 2.25. The summed E-state index contributed by atoms with van der Waals surface area (Å²) in [4.78, 5) is 11.9. The number of aldehydes is 1. The Morgan fingerprint density at radius 3 is 2.78 bits per heavy atom.